The van der Waals surface area contributed by atoms with Crippen molar-refractivity contribution in [3.05, 3.63) is 53.1 Å². The van der Waals surface area contributed by atoms with Crippen LogP contribution in [0, 0.1) is 0 Å². The molecule has 2 aromatic carbocycles. The third-order valence-corrected chi connectivity index (χ3v) is 5.78. The van der Waals surface area contributed by atoms with E-state index >= 15 is 0 Å². The van der Waals surface area contributed by atoms with E-state index in [2.05, 4.69) is 16.0 Å². The average Bonchev–Trinajstić information content (AvgIpc) is 2.83. The SMILES string of the molecule is CCOCCOc1ccccc1NC(=O)CNc1ccc(Cl)c(C(=O)NC2CCCCC2)c1. The van der Waals surface area contributed by atoms with Gasteiger partial charge < -0.3 is 25.4 Å². The molecule has 0 aliphatic heterocycles. The first-order valence-electron chi connectivity index (χ1n) is 11.5. The number of benzene rings is 2. The number of carbonyl (C=O) groups is 2. The Bertz CT molecular complexity index is 932. The lowest BCUT2D eigenvalue weighted by Crippen LogP contribution is -2.36. The molecule has 8 heteroatoms. The van der Waals surface area contributed by atoms with E-state index in [0.29, 0.717) is 47.5 Å². The summed E-state index contributed by atoms with van der Waals surface area (Å²) < 4.78 is 11.0. The number of anilines is 2. The van der Waals surface area contributed by atoms with Crippen molar-refractivity contribution < 1.29 is 19.1 Å². The van der Waals surface area contributed by atoms with Crippen molar-refractivity contribution in [3.63, 3.8) is 0 Å². The van der Waals surface area contributed by atoms with E-state index < -0.39 is 0 Å². The van der Waals surface area contributed by atoms with Crippen molar-refractivity contribution in [1.82, 2.24) is 5.32 Å². The van der Waals surface area contributed by atoms with E-state index in [1.54, 1.807) is 30.3 Å². The smallest absolute Gasteiger partial charge is 0.253 e. The van der Waals surface area contributed by atoms with Crippen LogP contribution in [0.15, 0.2) is 42.5 Å². The van der Waals surface area contributed by atoms with Crippen molar-refractivity contribution in [2.75, 3.05) is 37.0 Å². The number of hydrogen-bond donors (Lipinski definition) is 3. The third-order valence-electron chi connectivity index (χ3n) is 5.45. The minimum atomic E-state index is -0.237. The van der Waals surface area contributed by atoms with E-state index in [9.17, 15) is 9.59 Å². The number of nitrogens with one attached hydrogen (secondary N) is 3. The average molecular weight is 474 g/mol. The zero-order chi connectivity index (χ0) is 23.5. The Morgan fingerprint density at radius 2 is 1.85 bits per heavy atom. The molecule has 2 amide bonds. The second kappa shape index (κ2) is 13.1. The molecule has 2 aromatic rings. The van der Waals surface area contributed by atoms with E-state index in [0.717, 1.165) is 25.7 Å². The first-order chi connectivity index (χ1) is 16.1. The number of amides is 2. The van der Waals surface area contributed by atoms with Gasteiger partial charge in [-0.05, 0) is 50.1 Å². The summed E-state index contributed by atoms with van der Waals surface area (Å²) in [5.74, 6) is 0.163. The second-order valence-electron chi connectivity index (χ2n) is 7.95. The van der Waals surface area contributed by atoms with E-state index in [1.165, 1.54) is 6.42 Å². The predicted molar refractivity (Wildman–Crippen MR) is 131 cm³/mol. The molecule has 0 aromatic heterocycles. The highest BCUT2D eigenvalue weighted by Crippen LogP contribution is 2.25. The van der Waals surface area contributed by atoms with Crippen molar-refractivity contribution in [1.29, 1.82) is 0 Å². The molecule has 1 fully saturated rings. The fraction of sp³-hybridized carbons (Fsp3) is 0.440. The Balaban J connectivity index is 1.54. The van der Waals surface area contributed by atoms with Crippen molar-refractivity contribution in [3.8, 4) is 5.75 Å². The van der Waals surface area contributed by atoms with Gasteiger partial charge >= 0.3 is 0 Å². The maximum absolute atomic E-state index is 12.7. The lowest BCUT2D eigenvalue weighted by molar-refractivity contribution is -0.114. The third kappa shape index (κ3) is 7.94. The normalized spacial score (nSPS) is 13.9. The summed E-state index contributed by atoms with van der Waals surface area (Å²) in [6.45, 7) is 3.46. The van der Waals surface area contributed by atoms with Crippen molar-refractivity contribution in [2.24, 2.45) is 0 Å². The highest BCUT2D eigenvalue weighted by Gasteiger charge is 2.19. The highest BCUT2D eigenvalue weighted by molar-refractivity contribution is 6.34. The van der Waals surface area contributed by atoms with Crippen LogP contribution in [0.4, 0.5) is 11.4 Å². The summed E-state index contributed by atoms with van der Waals surface area (Å²) in [7, 11) is 0. The molecule has 0 spiro atoms. The summed E-state index contributed by atoms with van der Waals surface area (Å²) in [6, 6.07) is 12.5. The Labute approximate surface area is 200 Å². The number of para-hydroxylation sites is 2. The molecule has 1 aliphatic rings. The molecular weight excluding hydrogens is 442 g/mol. The molecular formula is C25H32ClN3O4. The van der Waals surface area contributed by atoms with Crippen LogP contribution < -0.4 is 20.7 Å². The Morgan fingerprint density at radius 3 is 2.64 bits per heavy atom. The predicted octanol–water partition coefficient (Wildman–Crippen LogP) is 4.87. The van der Waals surface area contributed by atoms with Crippen LogP contribution in [0.1, 0.15) is 49.4 Å². The van der Waals surface area contributed by atoms with Crippen LogP contribution in [-0.4, -0.2) is 44.2 Å². The van der Waals surface area contributed by atoms with Gasteiger partial charge in [-0.1, -0.05) is 43.0 Å². The van der Waals surface area contributed by atoms with E-state index in [4.69, 9.17) is 21.1 Å². The molecule has 1 saturated carbocycles. The van der Waals surface area contributed by atoms with E-state index in [1.807, 2.05) is 19.1 Å². The second-order valence-corrected chi connectivity index (χ2v) is 8.35. The van der Waals surface area contributed by atoms with Crippen LogP contribution in [0.25, 0.3) is 0 Å². The highest BCUT2D eigenvalue weighted by atomic mass is 35.5. The van der Waals surface area contributed by atoms with Crippen LogP contribution in [0.3, 0.4) is 0 Å². The van der Waals surface area contributed by atoms with Gasteiger partial charge in [0.1, 0.15) is 12.4 Å². The maximum Gasteiger partial charge on any atom is 0.253 e. The number of hydrogen-bond acceptors (Lipinski definition) is 5. The molecule has 0 saturated heterocycles. The number of halogens is 1. The molecule has 3 rings (SSSR count). The molecule has 0 heterocycles. The monoisotopic (exact) mass is 473 g/mol. The molecule has 0 bridgehead atoms. The standard InChI is InChI=1S/C25H32ClN3O4/c1-2-32-14-15-33-23-11-7-6-10-22(23)29-24(30)17-27-19-12-13-21(26)20(16-19)25(31)28-18-8-4-3-5-9-18/h6-7,10-13,16,18,27H,2-5,8-9,14-15,17H2,1H3,(H,28,31)(H,29,30). The number of ether oxygens (including phenoxy) is 2. The molecule has 0 unspecified atom stereocenters. The summed E-state index contributed by atoms with van der Waals surface area (Å²) in [4.78, 5) is 25.2. The van der Waals surface area contributed by atoms with E-state index in [-0.39, 0.29) is 24.4 Å². The van der Waals surface area contributed by atoms with Crippen LogP contribution in [0.2, 0.25) is 5.02 Å². The molecule has 0 radical (unpaired) electrons. The molecule has 178 valence electrons. The van der Waals surface area contributed by atoms with Crippen LogP contribution in [-0.2, 0) is 9.53 Å². The minimum absolute atomic E-state index is 0.0264. The minimum Gasteiger partial charge on any atom is -0.489 e. The van der Waals surface area contributed by atoms with Gasteiger partial charge in [0, 0.05) is 18.3 Å². The first kappa shape index (κ1) is 24.9. The fourth-order valence-corrected chi connectivity index (χ4v) is 3.95. The zero-order valence-corrected chi connectivity index (χ0v) is 19.7. The maximum atomic E-state index is 12.7. The fourth-order valence-electron chi connectivity index (χ4n) is 3.75. The van der Waals surface area contributed by atoms with Gasteiger partial charge in [-0.2, -0.15) is 0 Å². The Kier molecular flexibility index (Phi) is 9.84. The molecule has 3 N–H and O–H groups in total. The van der Waals surface area contributed by atoms with Gasteiger partial charge in [-0.3, -0.25) is 9.59 Å². The lowest BCUT2D eigenvalue weighted by atomic mass is 9.95. The lowest BCUT2D eigenvalue weighted by Gasteiger charge is -2.23. The van der Waals surface area contributed by atoms with Crippen molar-refractivity contribution in [2.45, 2.75) is 45.1 Å². The summed E-state index contributed by atoms with van der Waals surface area (Å²) in [6.07, 6.45) is 5.49. The molecule has 1 aliphatic carbocycles. The number of rotatable bonds is 11. The molecule has 33 heavy (non-hydrogen) atoms. The summed E-state index contributed by atoms with van der Waals surface area (Å²) in [5, 5.41) is 9.37. The van der Waals surface area contributed by atoms with Crippen LogP contribution in [0.5, 0.6) is 5.75 Å². The largest absolute Gasteiger partial charge is 0.489 e. The van der Waals surface area contributed by atoms with Gasteiger partial charge in [0.15, 0.2) is 0 Å². The van der Waals surface area contributed by atoms with Gasteiger partial charge in [-0.15, -0.1) is 0 Å². The Hall–Kier alpha value is -2.77. The summed E-state index contributed by atoms with van der Waals surface area (Å²) in [5.41, 5.74) is 1.63. The van der Waals surface area contributed by atoms with Gasteiger partial charge in [-0.25, -0.2) is 0 Å². The number of carbonyl (C=O) groups excluding carboxylic acids is 2. The molecule has 7 nitrogen and oxygen atoms in total. The van der Waals surface area contributed by atoms with Crippen molar-refractivity contribution >= 4 is 34.8 Å². The zero-order valence-electron chi connectivity index (χ0n) is 19.0. The Morgan fingerprint density at radius 1 is 1.06 bits per heavy atom. The van der Waals surface area contributed by atoms with Gasteiger partial charge in [0.25, 0.3) is 5.91 Å². The topological polar surface area (TPSA) is 88.7 Å². The summed E-state index contributed by atoms with van der Waals surface area (Å²) >= 11 is 6.27. The first-order valence-corrected chi connectivity index (χ1v) is 11.9. The van der Waals surface area contributed by atoms with Gasteiger partial charge in [0.05, 0.1) is 29.4 Å². The quantitative estimate of drug-likeness (QED) is 0.405. The van der Waals surface area contributed by atoms with Crippen LogP contribution >= 0.6 is 11.6 Å². The van der Waals surface area contributed by atoms with Gasteiger partial charge in [0.2, 0.25) is 5.91 Å². The molecule has 0 atom stereocenters.